The van der Waals surface area contributed by atoms with Gasteiger partial charge in [-0.1, -0.05) is 147 Å². The van der Waals surface area contributed by atoms with Gasteiger partial charge in [0.2, 0.25) is 0 Å². The number of ether oxygens (including phenoxy) is 2. The molecule has 1 unspecified atom stereocenters. The number of phosphoric acid groups is 1. The van der Waals surface area contributed by atoms with E-state index in [1.54, 1.807) is 6.08 Å². The molecule has 0 heterocycles. The highest BCUT2D eigenvalue weighted by Crippen LogP contribution is 2.43. The van der Waals surface area contributed by atoms with Crippen LogP contribution in [0.5, 0.6) is 0 Å². The lowest BCUT2D eigenvalue weighted by Gasteiger charge is -2.24. The van der Waals surface area contributed by atoms with Gasteiger partial charge in [0.1, 0.15) is 19.8 Å². The molecular formula is C50H93NO11P+. The van der Waals surface area contributed by atoms with Crippen molar-refractivity contribution < 1.29 is 57.4 Å². The number of hydrogen-bond donors (Lipinski definition) is 4. The number of aliphatic hydroxyl groups excluding tert-OH is 3. The van der Waals surface area contributed by atoms with Crippen molar-refractivity contribution in [3.8, 4) is 0 Å². The maximum absolute atomic E-state index is 12.8. The fourth-order valence-corrected chi connectivity index (χ4v) is 8.53. The number of likely N-dealkylation sites (N-methyl/N-ethyl adjacent to an activating group) is 1. The molecule has 0 saturated heterocycles. The van der Waals surface area contributed by atoms with Gasteiger partial charge in [0.05, 0.1) is 46.1 Å². The Hall–Kier alpha value is -1.89. The van der Waals surface area contributed by atoms with Crippen LogP contribution in [0.15, 0.2) is 36.5 Å². The molecule has 0 aromatic carbocycles. The number of carbonyl (C=O) groups excluding carboxylic acids is 2. The Labute approximate surface area is 383 Å². The monoisotopic (exact) mass is 915 g/mol. The summed E-state index contributed by atoms with van der Waals surface area (Å²) in [6.45, 7) is 4.07. The Kier molecular flexibility index (Phi) is 34.9. The first-order chi connectivity index (χ1) is 30.2. The van der Waals surface area contributed by atoms with Crippen LogP contribution in [0.4, 0.5) is 0 Å². The Bertz CT molecular complexity index is 1290. The molecule has 0 radical (unpaired) electrons. The molecule has 0 aliphatic heterocycles. The summed E-state index contributed by atoms with van der Waals surface area (Å²) in [6.07, 6.45) is 35.3. The first-order valence-corrected chi connectivity index (χ1v) is 26.5. The topological polar surface area (TPSA) is 169 Å². The standard InChI is InChI=1S/C50H92NO11P/c1-6-8-10-11-12-13-14-15-16-17-18-19-20-21-22-23-24-25-31-35-50(56)62-44(42-61-63(57,58)60-39-38-51(3,4)5)41-59-49(55)34-30-27-26-29-33-45-46(48(54)40-47(45)53)37-36-43(52)32-28-9-7-2/h12-13,15-16,36-37,43-48,52-54H,6-11,14,17-35,38-42H2,1-5H3/p+1/b13-12-,16-15-,37-36+/t43-,44+,45+,46+,47-,48+/m0/s1. The van der Waals surface area contributed by atoms with Gasteiger partial charge in [-0.3, -0.25) is 18.6 Å². The number of esters is 2. The third-order valence-electron chi connectivity index (χ3n) is 11.7. The maximum Gasteiger partial charge on any atom is 0.472 e. The summed E-state index contributed by atoms with van der Waals surface area (Å²) in [6, 6.07) is 0. The van der Waals surface area contributed by atoms with Crippen molar-refractivity contribution in [2.75, 3.05) is 47.5 Å². The second kappa shape index (κ2) is 37.2. The minimum absolute atomic E-state index is 0.00393. The third kappa shape index (κ3) is 34.1. The number of phosphoric ester groups is 1. The van der Waals surface area contributed by atoms with Gasteiger partial charge in [-0.2, -0.15) is 0 Å². The highest BCUT2D eigenvalue weighted by Gasteiger charge is 2.39. The van der Waals surface area contributed by atoms with E-state index in [1.165, 1.54) is 57.8 Å². The molecule has 368 valence electrons. The fraction of sp³-hybridized carbons (Fsp3) is 0.840. The molecule has 1 saturated carbocycles. The van der Waals surface area contributed by atoms with E-state index in [9.17, 15) is 34.4 Å². The van der Waals surface area contributed by atoms with Gasteiger partial charge in [-0.25, -0.2) is 4.57 Å². The smallest absolute Gasteiger partial charge is 0.462 e. The summed E-state index contributed by atoms with van der Waals surface area (Å²) >= 11 is 0. The second-order valence-corrected chi connectivity index (χ2v) is 20.3. The van der Waals surface area contributed by atoms with E-state index in [1.807, 2.05) is 27.2 Å². The van der Waals surface area contributed by atoms with Gasteiger partial charge < -0.3 is 34.2 Å². The summed E-state index contributed by atoms with van der Waals surface area (Å²) in [5.41, 5.74) is 0. The van der Waals surface area contributed by atoms with E-state index in [-0.39, 0.29) is 37.9 Å². The highest BCUT2D eigenvalue weighted by atomic mass is 31.2. The Morgan fingerprint density at radius 1 is 0.698 bits per heavy atom. The normalized spacial score (nSPS) is 20.2. The van der Waals surface area contributed by atoms with Crippen LogP contribution in [-0.2, 0) is 32.7 Å². The second-order valence-electron chi connectivity index (χ2n) is 18.8. The number of nitrogens with zero attached hydrogens (tertiary/aromatic N) is 1. The average Bonchev–Trinajstić information content (AvgIpc) is 3.50. The maximum atomic E-state index is 12.8. The number of quaternary nitrogens is 1. The lowest BCUT2D eigenvalue weighted by Crippen LogP contribution is -2.37. The van der Waals surface area contributed by atoms with Gasteiger partial charge in [0.25, 0.3) is 0 Å². The Morgan fingerprint density at radius 3 is 1.87 bits per heavy atom. The Morgan fingerprint density at radius 2 is 1.25 bits per heavy atom. The van der Waals surface area contributed by atoms with Crippen molar-refractivity contribution in [3.05, 3.63) is 36.5 Å². The number of allylic oxidation sites excluding steroid dienone is 4. The van der Waals surface area contributed by atoms with Crippen molar-refractivity contribution in [1.82, 2.24) is 0 Å². The summed E-state index contributed by atoms with van der Waals surface area (Å²) in [5.74, 6) is -1.21. The lowest BCUT2D eigenvalue weighted by atomic mass is 9.88. The van der Waals surface area contributed by atoms with Gasteiger partial charge in [-0.15, -0.1) is 0 Å². The van der Waals surface area contributed by atoms with Crippen molar-refractivity contribution in [1.29, 1.82) is 0 Å². The van der Waals surface area contributed by atoms with Crippen LogP contribution in [0, 0.1) is 11.8 Å². The number of unbranched alkanes of at least 4 members (excludes halogenated alkanes) is 17. The molecule has 12 nitrogen and oxygen atoms in total. The zero-order valence-electron chi connectivity index (χ0n) is 40.4. The SMILES string of the molecule is CCCCC/C=C\C/C=C\CCCCCCCCCCCC(=O)O[C@H](COC(=O)CCCCCC[C@@H]1[C@@H](/C=C/[C@@H](O)CCCCC)[C@H](O)C[C@@H]1O)COP(=O)(O)OCC[N+](C)(C)C. The summed E-state index contributed by atoms with van der Waals surface area (Å²) in [5, 5.41) is 31.5. The number of hydrogen-bond acceptors (Lipinski definition) is 10. The van der Waals surface area contributed by atoms with Crippen LogP contribution in [0.1, 0.15) is 187 Å². The number of aliphatic hydroxyl groups is 3. The molecule has 1 fully saturated rings. The Balaban J connectivity index is 2.40. The van der Waals surface area contributed by atoms with E-state index in [0.717, 1.165) is 77.0 Å². The summed E-state index contributed by atoms with van der Waals surface area (Å²) < 4.78 is 34.4. The van der Waals surface area contributed by atoms with E-state index >= 15 is 0 Å². The molecule has 7 atom stereocenters. The first-order valence-electron chi connectivity index (χ1n) is 25.0. The van der Waals surface area contributed by atoms with Crippen molar-refractivity contribution in [3.63, 3.8) is 0 Å². The highest BCUT2D eigenvalue weighted by molar-refractivity contribution is 7.47. The minimum atomic E-state index is -4.43. The van der Waals surface area contributed by atoms with Crippen molar-refractivity contribution >= 4 is 19.8 Å². The van der Waals surface area contributed by atoms with Crippen LogP contribution in [0.2, 0.25) is 0 Å². The van der Waals surface area contributed by atoms with E-state index < -0.39 is 50.8 Å². The predicted octanol–water partition coefficient (Wildman–Crippen LogP) is 10.9. The van der Waals surface area contributed by atoms with Gasteiger partial charge in [0.15, 0.2) is 6.10 Å². The van der Waals surface area contributed by atoms with Gasteiger partial charge in [-0.05, 0) is 63.7 Å². The van der Waals surface area contributed by atoms with E-state index in [4.69, 9.17) is 18.5 Å². The molecule has 13 heteroatoms. The summed E-state index contributed by atoms with van der Waals surface area (Å²) in [7, 11) is 1.36. The van der Waals surface area contributed by atoms with E-state index in [0.29, 0.717) is 36.7 Å². The zero-order chi connectivity index (χ0) is 46.6. The molecule has 0 amide bonds. The van der Waals surface area contributed by atoms with Crippen molar-refractivity contribution in [2.45, 2.75) is 212 Å². The predicted molar refractivity (Wildman–Crippen MR) is 254 cm³/mol. The molecule has 4 N–H and O–H groups in total. The van der Waals surface area contributed by atoms with E-state index in [2.05, 4.69) is 38.2 Å². The molecule has 63 heavy (non-hydrogen) atoms. The fourth-order valence-electron chi connectivity index (χ4n) is 7.79. The van der Waals surface area contributed by atoms with Crippen molar-refractivity contribution in [2.24, 2.45) is 11.8 Å². The van der Waals surface area contributed by atoms with Crippen LogP contribution in [0.3, 0.4) is 0 Å². The van der Waals surface area contributed by atoms with Crippen LogP contribution in [0.25, 0.3) is 0 Å². The number of carbonyl (C=O) groups is 2. The van der Waals surface area contributed by atoms with Gasteiger partial charge in [0, 0.05) is 25.2 Å². The van der Waals surface area contributed by atoms with Crippen LogP contribution >= 0.6 is 7.82 Å². The lowest BCUT2D eigenvalue weighted by molar-refractivity contribution is -0.870. The molecule has 1 rings (SSSR count). The number of rotatable bonds is 41. The summed E-state index contributed by atoms with van der Waals surface area (Å²) in [4.78, 5) is 35.7. The minimum Gasteiger partial charge on any atom is -0.462 e. The van der Waals surface area contributed by atoms with Crippen LogP contribution < -0.4 is 0 Å². The molecule has 0 spiro atoms. The molecule has 1 aliphatic rings. The van der Waals surface area contributed by atoms with Crippen LogP contribution in [-0.4, -0.2) is 109 Å². The molecule has 0 bridgehead atoms. The molecule has 1 aliphatic carbocycles. The van der Waals surface area contributed by atoms with Gasteiger partial charge >= 0.3 is 19.8 Å². The molecule has 0 aromatic rings. The first kappa shape index (κ1) is 59.1. The molecular weight excluding hydrogens is 822 g/mol. The largest absolute Gasteiger partial charge is 0.472 e. The molecule has 0 aromatic heterocycles. The average molecular weight is 915 g/mol. The zero-order valence-corrected chi connectivity index (χ0v) is 41.3. The third-order valence-corrected chi connectivity index (χ3v) is 12.7. The quantitative estimate of drug-likeness (QED) is 0.0151.